The van der Waals surface area contributed by atoms with Gasteiger partial charge in [0.25, 0.3) is 0 Å². The van der Waals surface area contributed by atoms with Gasteiger partial charge in [0.2, 0.25) is 0 Å². The first-order valence-electron chi connectivity index (χ1n) is 5.96. The standard InChI is InChI=1S/C14H20O2/c1-9-4-5-12(10(2)8-9)14(15)13-6-7-16-11(13)3/h4-5,8,11,13-15H,6-7H2,1-3H3. The highest BCUT2D eigenvalue weighted by Crippen LogP contribution is 2.34. The molecule has 1 fully saturated rings. The molecule has 0 spiro atoms. The van der Waals surface area contributed by atoms with Crippen LogP contribution in [0.2, 0.25) is 0 Å². The number of hydrogen-bond acceptors (Lipinski definition) is 2. The summed E-state index contributed by atoms with van der Waals surface area (Å²) in [5.41, 5.74) is 3.46. The summed E-state index contributed by atoms with van der Waals surface area (Å²) in [5.74, 6) is 0.237. The molecule has 1 aliphatic rings. The van der Waals surface area contributed by atoms with Gasteiger partial charge in [-0.1, -0.05) is 23.8 Å². The van der Waals surface area contributed by atoms with Gasteiger partial charge in [-0.05, 0) is 38.3 Å². The molecule has 0 saturated carbocycles. The molecule has 0 amide bonds. The lowest BCUT2D eigenvalue weighted by Crippen LogP contribution is -2.20. The predicted octanol–water partition coefficient (Wildman–Crippen LogP) is 2.76. The van der Waals surface area contributed by atoms with Crippen molar-refractivity contribution in [3.8, 4) is 0 Å². The van der Waals surface area contributed by atoms with E-state index in [4.69, 9.17) is 4.74 Å². The minimum atomic E-state index is -0.391. The first-order valence-corrected chi connectivity index (χ1v) is 5.96. The zero-order chi connectivity index (χ0) is 11.7. The maximum Gasteiger partial charge on any atom is 0.0846 e. The molecule has 1 heterocycles. The number of aryl methyl sites for hydroxylation is 2. The SMILES string of the molecule is Cc1ccc(C(O)C2CCOC2C)c(C)c1. The quantitative estimate of drug-likeness (QED) is 0.830. The maximum absolute atomic E-state index is 10.4. The third-order valence-corrected chi connectivity index (χ3v) is 3.58. The van der Waals surface area contributed by atoms with Gasteiger partial charge in [0, 0.05) is 12.5 Å². The van der Waals surface area contributed by atoms with Gasteiger partial charge in [-0.3, -0.25) is 0 Å². The summed E-state index contributed by atoms with van der Waals surface area (Å²) in [4.78, 5) is 0. The summed E-state index contributed by atoms with van der Waals surface area (Å²) in [6.45, 7) is 6.95. The molecule has 1 N–H and O–H groups in total. The highest BCUT2D eigenvalue weighted by molar-refractivity contribution is 5.32. The Morgan fingerprint density at radius 1 is 1.38 bits per heavy atom. The second kappa shape index (κ2) is 4.56. The van der Waals surface area contributed by atoms with Gasteiger partial charge >= 0.3 is 0 Å². The molecule has 2 rings (SSSR count). The van der Waals surface area contributed by atoms with E-state index in [1.54, 1.807) is 0 Å². The van der Waals surface area contributed by atoms with Crippen molar-refractivity contribution in [2.24, 2.45) is 5.92 Å². The lowest BCUT2D eigenvalue weighted by atomic mass is 9.88. The summed E-state index contributed by atoms with van der Waals surface area (Å²) in [7, 11) is 0. The van der Waals surface area contributed by atoms with Gasteiger partial charge in [-0.15, -0.1) is 0 Å². The second-order valence-corrected chi connectivity index (χ2v) is 4.83. The van der Waals surface area contributed by atoms with Crippen LogP contribution in [-0.2, 0) is 4.74 Å². The molecule has 3 unspecified atom stereocenters. The number of aliphatic hydroxyl groups is 1. The Kier molecular flexibility index (Phi) is 3.31. The summed E-state index contributed by atoms with van der Waals surface area (Å²) in [6, 6.07) is 6.23. The van der Waals surface area contributed by atoms with Crippen molar-refractivity contribution in [2.45, 2.75) is 39.4 Å². The average Bonchev–Trinajstić information content (AvgIpc) is 2.63. The van der Waals surface area contributed by atoms with Crippen molar-refractivity contribution >= 4 is 0 Å². The van der Waals surface area contributed by atoms with Crippen molar-refractivity contribution < 1.29 is 9.84 Å². The Balaban J connectivity index is 2.23. The number of hydrogen-bond donors (Lipinski definition) is 1. The van der Waals surface area contributed by atoms with E-state index in [9.17, 15) is 5.11 Å². The molecule has 1 saturated heterocycles. The fourth-order valence-corrected chi connectivity index (χ4v) is 2.55. The largest absolute Gasteiger partial charge is 0.388 e. The summed E-state index contributed by atoms with van der Waals surface area (Å²) in [6.07, 6.45) is 0.726. The molecule has 1 aromatic rings. The number of benzene rings is 1. The van der Waals surface area contributed by atoms with E-state index in [0.717, 1.165) is 18.6 Å². The molecule has 1 aliphatic heterocycles. The number of ether oxygens (including phenoxy) is 1. The Labute approximate surface area is 97.3 Å². The van der Waals surface area contributed by atoms with E-state index in [1.165, 1.54) is 11.1 Å². The van der Waals surface area contributed by atoms with Gasteiger partial charge < -0.3 is 9.84 Å². The van der Waals surface area contributed by atoms with E-state index >= 15 is 0 Å². The van der Waals surface area contributed by atoms with Gasteiger partial charge in [0.05, 0.1) is 12.2 Å². The van der Waals surface area contributed by atoms with Crippen molar-refractivity contribution in [1.82, 2.24) is 0 Å². The summed E-state index contributed by atoms with van der Waals surface area (Å²) >= 11 is 0. The van der Waals surface area contributed by atoms with Crippen molar-refractivity contribution in [2.75, 3.05) is 6.61 Å². The van der Waals surface area contributed by atoms with Crippen LogP contribution in [0.1, 0.15) is 36.1 Å². The monoisotopic (exact) mass is 220 g/mol. The Morgan fingerprint density at radius 2 is 2.12 bits per heavy atom. The van der Waals surface area contributed by atoms with Crippen LogP contribution < -0.4 is 0 Å². The molecule has 0 bridgehead atoms. The van der Waals surface area contributed by atoms with E-state index in [2.05, 4.69) is 26.0 Å². The first-order chi connectivity index (χ1) is 7.59. The molecule has 0 aromatic heterocycles. The maximum atomic E-state index is 10.4. The predicted molar refractivity (Wildman–Crippen MR) is 64.4 cm³/mol. The third kappa shape index (κ3) is 2.13. The number of aliphatic hydroxyl groups excluding tert-OH is 1. The molecule has 2 nitrogen and oxygen atoms in total. The van der Waals surface area contributed by atoms with Crippen LogP contribution in [0.15, 0.2) is 18.2 Å². The third-order valence-electron chi connectivity index (χ3n) is 3.58. The van der Waals surface area contributed by atoms with Gasteiger partial charge in [-0.2, -0.15) is 0 Å². The normalized spacial score (nSPS) is 27.0. The molecule has 3 atom stereocenters. The summed E-state index contributed by atoms with van der Waals surface area (Å²) < 4.78 is 5.51. The van der Waals surface area contributed by atoms with Crippen LogP contribution in [0, 0.1) is 19.8 Å². The molecule has 0 radical (unpaired) electrons. The van der Waals surface area contributed by atoms with Gasteiger partial charge in [0.15, 0.2) is 0 Å². The van der Waals surface area contributed by atoms with Gasteiger partial charge in [0.1, 0.15) is 0 Å². The van der Waals surface area contributed by atoms with Crippen LogP contribution in [0.4, 0.5) is 0 Å². The molecular weight excluding hydrogens is 200 g/mol. The highest BCUT2D eigenvalue weighted by Gasteiger charge is 2.32. The lowest BCUT2D eigenvalue weighted by Gasteiger charge is -2.22. The van der Waals surface area contributed by atoms with Crippen LogP contribution >= 0.6 is 0 Å². The molecule has 0 aliphatic carbocycles. The van der Waals surface area contributed by atoms with E-state index in [1.807, 2.05) is 13.0 Å². The van der Waals surface area contributed by atoms with E-state index < -0.39 is 6.10 Å². The molecule has 2 heteroatoms. The first kappa shape index (κ1) is 11.6. The zero-order valence-corrected chi connectivity index (χ0v) is 10.2. The fraction of sp³-hybridized carbons (Fsp3) is 0.571. The average molecular weight is 220 g/mol. The van der Waals surface area contributed by atoms with Crippen LogP contribution in [-0.4, -0.2) is 17.8 Å². The Bertz CT molecular complexity index is 373. The lowest BCUT2D eigenvalue weighted by molar-refractivity contribution is 0.0428. The van der Waals surface area contributed by atoms with Crippen LogP contribution in [0.25, 0.3) is 0 Å². The smallest absolute Gasteiger partial charge is 0.0846 e. The zero-order valence-electron chi connectivity index (χ0n) is 10.2. The fourth-order valence-electron chi connectivity index (χ4n) is 2.55. The topological polar surface area (TPSA) is 29.5 Å². The van der Waals surface area contributed by atoms with E-state index in [-0.39, 0.29) is 12.0 Å². The molecule has 88 valence electrons. The Hall–Kier alpha value is -0.860. The molecule has 1 aromatic carbocycles. The molecular formula is C14H20O2. The van der Waals surface area contributed by atoms with Gasteiger partial charge in [-0.25, -0.2) is 0 Å². The van der Waals surface area contributed by atoms with Crippen LogP contribution in [0.5, 0.6) is 0 Å². The minimum Gasteiger partial charge on any atom is -0.388 e. The highest BCUT2D eigenvalue weighted by atomic mass is 16.5. The van der Waals surface area contributed by atoms with Crippen molar-refractivity contribution in [3.05, 3.63) is 34.9 Å². The number of rotatable bonds is 2. The van der Waals surface area contributed by atoms with E-state index in [0.29, 0.717) is 0 Å². The van der Waals surface area contributed by atoms with Crippen LogP contribution in [0.3, 0.4) is 0 Å². The van der Waals surface area contributed by atoms with Crippen molar-refractivity contribution in [1.29, 1.82) is 0 Å². The molecule has 16 heavy (non-hydrogen) atoms. The second-order valence-electron chi connectivity index (χ2n) is 4.83. The minimum absolute atomic E-state index is 0.163. The van der Waals surface area contributed by atoms with Crippen molar-refractivity contribution in [3.63, 3.8) is 0 Å². The Morgan fingerprint density at radius 3 is 2.69 bits per heavy atom. The summed E-state index contributed by atoms with van der Waals surface area (Å²) in [5, 5.41) is 10.4.